The van der Waals surface area contributed by atoms with Crippen LogP contribution in [0.3, 0.4) is 0 Å². The second-order valence-electron chi connectivity index (χ2n) is 3.42. The second kappa shape index (κ2) is 6.26. The fourth-order valence-electron chi connectivity index (χ4n) is 1.47. The first kappa shape index (κ1) is 13.5. The SMILES string of the molecule is CCN(CC)C(=O)C(Cl)c1ccc(Br)cc1. The molecule has 1 amide bonds. The van der Waals surface area contributed by atoms with Crippen molar-refractivity contribution < 1.29 is 4.79 Å². The van der Waals surface area contributed by atoms with Gasteiger partial charge in [-0.2, -0.15) is 0 Å². The van der Waals surface area contributed by atoms with Gasteiger partial charge in [0.2, 0.25) is 5.91 Å². The summed E-state index contributed by atoms with van der Waals surface area (Å²) >= 11 is 9.50. The zero-order valence-electron chi connectivity index (χ0n) is 9.41. The smallest absolute Gasteiger partial charge is 0.245 e. The van der Waals surface area contributed by atoms with Gasteiger partial charge in [-0.05, 0) is 31.5 Å². The first-order valence-corrected chi connectivity index (χ1v) is 6.51. The minimum absolute atomic E-state index is 0.0333. The summed E-state index contributed by atoms with van der Waals surface area (Å²) < 4.78 is 0.982. The van der Waals surface area contributed by atoms with Crippen LogP contribution in [0, 0.1) is 0 Å². The molecule has 0 radical (unpaired) electrons. The predicted molar refractivity (Wildman–Crippen MR) is 70.7 cm³/mol. The fraction of sp³-hybridized carbons (Fsp3) is 0.417. The minimum atomic E-state index is -0.590. The van der Waals surface area contributed by atoms with Gasteiger partial charge in [0.05, 0.1) is 0 Å². The molecule has 0 aliphatic carbocycles. The van der Waals surface area contributed by atoms with Gasteiger partial charge in [-0.25, -0.2) is 0 Å². The van der Waals surface area contributed by atoms with E-state index in [1.807, 2.05) is 38.1 Å². The molecular weight excluding hydrogens is 289 g/mol. The molecule has 0 spiro atoms. The number of likely N-dealkylation sites (N-methyl/N-ethyl adjacent to an activating group) is 1. The lowest BCUT2D eigenvalue weighted by molar-refractivity contribution is -0.130. The molecule has 1 aromatic rings. The van der Waals surface area contributed by atoms with Crippen LogP contribution < -0.4 is 0 Å². The molecule has 1 rings (SSSR count). The standard InChI is InChI=1S/C12H15BrClNO/c1-3-15(4-2)12(16)11(14)9-5-7-10(13)8-6-9/h5-8,11H,3-4H2,1-2H3. The number of amides is 1. The third-order valence-corrected chi connectivity index (χ3v) is 3.42. The second-order valence-corrected chi connectivity index (χ2v) is 4.78. The Morgan fingerprint density at radius 3 is 2.25 bits per heavy atom. The van der Waals surface area contributed by atoms with Crippen molar-refractivity contribution in [3.05, 3.63) is 34.3 Å². The van der Waals surface area contributed by atoms with E-state index in [-0.39, 0.29) is 5.91 Å². The molecule has 16 heavy (non-hydrogen) atoms. The zero-order valence-corrected chi connectivity index (χ0v) is 11.8. The van der Waals surface area contributed by atoms with Gasteiger partial charge in [0.1, 0.15) is 5.38 Å². The third kappa shape index (κ3) is 3.22. The molecule has 1 atom stereocenters. The lowest BCUT2D eigenvalue weighted by Gasteiger charge is -2.21. The topological polar surface area (TPSA) is 20.3 Å². The van der Waals surface area contributed by atoms with E-state index in [9.17, 15) is 4.79 Å². The summed E-state index contributed by atoms with van der Waals surface area (Å²) in [5.74, 6) is -0.0333. The van der Waals surface area contributed by atoms with E-state index >= 15 is 0 Å². The molecule has 0 saturated carbocycles. The number of hydrogen-bond acceptors (Lipinski definition) is 1. The van der Waals surface area contributed by atoms with Gasteiger partial charge in [-0.3, -0.25) is 4.79 Å². The Balaban J connectivity index is 2.81. The summed E-state index contributed by atoms with van der Waals surface area (Å²) in [5.41, 5.74) is 0.835. The molecule has 0 N–H and O–H groups in total. The van der Waals surface area contributed by atoms with Crippen molar-refractivity contribution in [1.82, 2.24) is 4.90 Å². The summed E-state index contributed by atoms with van der Waals surface area (Å²) in [6, 6.07) is 7.51. The predicted octanol–water partition coefficient (Wildman–Crippen LogP) is 3.60. The maximum Gasteiger partial charge on any atom is 0.245 e. The Morgan fingerprint density at radius 1 is 1.31 bits per heavy atom. The lowest BCUT2D eigenvalue weighted by atomic mass is 10.1. The third-order valence-electron chi connectivity index (χ3n) is 2.45. The number of hydrogen-bond donors (Lipinski definition) is 0. The van der Waals surface area contributed by atoms with Crippen LogP contribution in [-0.4, -0.2) is 23.9 Å². The van der Waals surface area contributed by atoms with Crippen LogP contribution in [0.15, 0.2) is 28.7 Å². The van der Waals surface area contributed by atoms with Crippen molar-refractivity contribution in [1.29, 1.82) is 0 Å². The van der Waals surface area contributed by atoms with Crippen molar-refractivity contribution in [3.8, 4) is 0 Å². The number of rotatable bonds is 4. The highest BCUT2D eigenvalue weighted by atomic mass is 79.9. The van der Waals surface area contributed by atoms with E-state index in [0.717, 1.165) is 10.0 Å². The molecule has 4 heteroatoms. The van der Waals surface area contributed by atoms with E-state index in [4.69, 9.17) is 11.6 Å². The summed E-state index contributed by atoms with van der Waals surface area (Å²) in [6.07, 6.45) is 0. The molecule has 2 nitrogen and oxygen atoms in total. The highest BCUT2D eigenvalue weighted by Crippen LogP contribution is 2.24. The zero-order chi connectivity index (χ0) is 12.1. The molecule has 0 bridgehead atoms. The van der Waals surface area contributed by atoms with Gasteiger partial charge in [0.15, 0.2) is 0 Å². The fourth-order valence-corrected chi connectivity index (χ4v) is 2.02. The van der Waals surface area contributed by atoms with Crippen LogP contribution in [0.25, 0.3) is 0 Å². The van der Waals surface area contributed by atoms with Gasteiger partial charge in [-0.1, -0.05) is 28.1 Å². The number of halogens is 2. The molecule has 1 unspecified atom stereocenters. The van der Waals surface area contributed by atoms with Gasteiger partial charge in [-0.15, -0.1) is 11.6 Å². The quantitative estimate of drug-likeness (QED) is 0.778. The van der Waals surface area contributed by atoms with E-state index in [1.165, 1.54) is 0 Å². The van der Waals surface area contributed by atoms with Gasteiger partial charge >= 0.3 is 0 Å². The van der Waals surface area contributed by atoms with Crippen LogP contribution in [-0.2, 0) is 4.79 Å². The van der Waals surface area contributed by atoms with Crippen LogP contribution >= 0.6 is 27.5 Å². The summed E-state index contributed by atoms with van der Waals surface area (Å²) in [5, 5.41) is -0.590. The van der Waals surface area contributed by atoms with E-state index in [1.54, 1.807) is 4.90 Å². The lowest BCUT2D eigenvalue weighted by Crippen LogP contribution is -2.33. The summed E-state index contributed by atoms with van der Waals surface area (Å²) in [7, 11) is 0. The maximum atomic E-state index is 12.0. The largest absolute Gasteiger partial charge is 0.342 e. The van der Waals surface area contributed by atoms with Crippen molar-refractivity contribution >= 4 is 33.4 Å². The highest BCUT2D eigenvalue weighted by molar-refractivity contribution is 9.10. The van der Waals surface area contributed by atoms with E-state index in [2.05, 4.69) is 15.9 Å². The van der Waals surface area contributed by atoms with E-state index < -0.39 is 5.38 Å². The Hall–Kier alpha value is -0.540. The molecule has 88 valence electrons. The normalized spacial score (nSPS) is 12.2. The average molecular weight is 305 g/mol. The molecule has 0 fully saturated rings. The molecule has 1 aromatic carbocycles. The number of nitrogens with zero attached hydrogens (tertiary/aromatic N) is 1. The van der Waals surface area contributed by atoms with Crippen LogP contribution in [0.2, 0.25) is 0 Å². The summed E-state index contributed by atoms with van der Waals surface area (Å²) in [4.78, 5) is 13.7. The minimum Gasteiger partial charge on any atom is -0.342 e. The van der Waals surface area contributed by atoms with Crippen molar-refractivity contribution in [2.24, 2.45) is 0 Å². The first-order valence-electron chi connectivity index (χ1n) is 5.28. The Bertz CT molecular complexity index is 349. The van der Waals surface area contributed by atoms with Gasteiger partial charge in [0.25, 0.3) is 0 Å². The van der Waals surface area contributed by atoms with Crippen LogP contribution in [0.4, 0.5) is 0 Å². The Labute approximate surface area is 110 Å². The first-order chi connectivity index (χ1) is 7.60. The number of carbonyl (C=O) groups excluding carboxylic acids is 1. The van der Waals surface area contributed by atoms with Crippen molar-refractivity contribution in [3.63, 3.8) is 0 Å². The molecule has 0 aliphatic rings. The van der Waals surface area contributed by atoms with E-state index in [0.29, 0.717) is 13.1 Å². The molecule has 0 heterocycles. The van der Waals surface area contributed by atoms with Crippen molar-refractivity contribution in [2.75, 3.05) is 13.1 Å². The monoisotopic (exact) mass is 303 g/mol. The number of benzene rings is 1. The highest BCUT2D eigenvalue weighted by Gasteiger charge is 2.21. The summed E-state index contributed by atoms with van der Waals surface area (Å²) in [6.45, 7) is 5.28. The van der Waals surface area contributed by atoms with Crippen LogP contribution in [0.5, 0.6) is 0 Å². The Kier molecular flexibility index (Phi) is 5.29. The molecule has 0 aliphatic heterocycles. The maximum absolute atomic E-state index is 12.0. The van der Waals surface area contributed by atoms with Crippen LogP contribution in [0.1, 0.15) is 24.8 Å². The van der Waals surface area contributed by atoms with Gasteiger partial charge in [0, 0.05) is 17.6 Å². The Morgan fingerprint density at radius 2 is 1.81 bits per heavy atom. The molecular formula is C12H15BrClNO. The number of carbonyl (C=O) groups is 1. The van der Waals surface area contributed by atoms with Crippen molar-refractivity contribution in [2.45, 2.75) is 19.2 Å². The average Bonchev–Trinajstić information content (AvgIpc) is 2.30. The number of alkyl halides is 1. The molecule has 0 saturated heterocycles. The van der Waals surface area contributed by atoms with Gasteiger partial charge < -0.3 is 4.90 Å². The molecule has 0 aromatic heterocycles.